The first-order valence-corrected chi connectivity index (χ1v) is 8.87. The molecule has 3 rings (SSSR count). The fraction of sp³-hybridized carbons (Fsp3) is 0.200. The molecule has 0 spiro atoms. The van der Waals surface area contributed by atoms with Crippen LogP contribution in [0.3, 0.4) is 0 Å². The maximum absolute atomic E-state index is 12.2. The molecule has 2 heterocycles. The minimum atomic E-state index is -0.574. The number of nitrogens with one attached hydrogen (secondary N) is 2. The van der Waals surface area contributed by atoms with E-state index < -0.39 is 18.1 Å². The van der Waals surface area contributed by atoms with Crippen molar-refractivity contribution in [2.75, 3.05) is 13.3 Å². The van der Waals surface area contributed by atoms with Crippen molar-refractivity contribution in [2.24, 2.45) is 0 Å². The smallest absolute Gasteiger partial charge is 0.267 e. The molecule has 9 heteroatoms. The molecule has 150 valence electrons. The Morgan fingerprint density at radius 2 is 1.93 bits per heavy atom. The van der Waals surface area contributed by atoms with Crippen molar-refractivity contribution >= 4 is 5.91 Å². The SMILES string of the molecule is O=C(Cn1nc(-c2ccc(OCCF)cc2)ccc1=O)NCc1ccc[nH]c1=O. The highest BCUT2D eigenvalue weighted by Crippen LogP contribution is 2.19. The number of carbonyl (C=O) groups is 1. The number of ether oxygens (including phenoxy) is 1. The molecule has 0 aliphatic carbocycles. The van der Waals surface area contributed by atoms with Gasteiger partial charge in [-0.2, -0.15) is 5.10 Å². The van der Waals surface area contributed by atoms with Crippen LogP contribution >= 0.6 is 0 Å². The highest BCUT2D eigenvalue weighted by Gasteiger charge is 2.09. The summed E-state index contributed by atoms with van der Waals surface area (Å²) in [7, 11) is 0. The Morgan fingerprint density at radius 3 is 2.66 bits per heavy atom. The Kier molecular flexibility index (Phi) is 6.51. The molecule has 1 amide bonds. The van der Waals surface area contributed by atoms with Crippen LogP contribution in [0.5, 0.6) is 5.75 Å². The number of benzene rings is 1. The summed E-state index contributed by atoms with van der Waals surface area (Å²) >= 11 is 0. The number of amides is 1. The minimum absolute atomic E-state index is 0.0214. The van der Waals surface area contributed by atoms with Crippen molar-refractivity contribution in [1.82, 2.24) is 20.1 Å². The fourth-order valence-corrected chi connectivity index (χ4v) is 2.58. The first-order chi connectivity index (χ1) is 14.1. The Bertz CT molecular complexity index is 1090. The van der Waals surface area contributed by atoms with Gasteiger partial charge in [-0.1, -0.05) is 6.07 Å². The Labute approximate surface area is 165 Å². The van der Waals surface area contributed by atoms with Crippen LogP contribution in [0.4, 0.5) is 4.39 Å². The zero-order valence-corrected chi connectivity index (χ0v) is 15.4. The maximum Gasteiger partial charge on any atom is 0.267 e. The monoisotopic (exact) mass is 398 g/mol. The minimum Gasteiger partial charge on any atom is -0.491 e. The van der Waals surface area contributed by atoms with Crippen molar-refractivity contribution in [2.45, 2.75) is 13.1 Å². The third-order valence-corrected chi connectivity index (χ3v) is 4.03. The molecule has 0 aliphatic heterocycles. The summed E-state index contributed by atoms with van der Waals surface area (Å²) in [4.78, 5) is 38.4. The second-order valence-electron chi connectivity index (χ2n) is 6.08. The van der Waals surface area contributed by atoms with Crippen LogP contribution in [0.2, 0.25) is 0 Å². The van der Waals surface area contributed by atoms with E-state index in [1.165, 1.54) is 12.3 Å². The van der Waals surface area contributed by atoms with E-state index in [-0.39, 0.29) is 25.3 Å². The zero-order chi connectivity index (χ0) is 20.6. The number of carbonyl (C=O) groups excluding carboxylic acids is 1. The molecule has 0 bridgehead atoms. The van der Waals surface area contributed by atoms with Gasteiger partial charge in [-0.3, -0.25) is 14.4 Å². The van der Waals surface area contributed by atoms with Gasteiger partial charge in [0, 0.05) is 29.9 Å². The summed E-state index contributed by atoms with van der Waals surface area (Å²) in [6.45, 7) is -0.833. The van der Waals surface area contributed by atoms with Crippen molar-refractivity contribution in [3.8, 4) is 17.0 Å². The summed E-state index contributed by atoms with van der Waals surface area (Å²) < 4.78 is 18.4. The summed E-state index contributed by atoms with van der Waals surface area (Å²) in [6.07, 6.45) is 1.50. The van der Waals surface area contributed by atoms with E-state index in [4.69, 9.17) is 4.74 Å². The molecular formula is C20H19FN4O4. The van der Waals surface area contributed by atoms with Crippen LogP contribution in [-0.2, 0) is 17.9 Å². The van der Waals surface area contributed by atoms with Gasteiger partial charge in [0.25, 0.3) is 11.1 Å². The molecule has 3 aromatic rings. The maximum atomic E-state index is 12.2. The standard InChI is InChI=1S/C20H19FN4O4/c21-9-11-29-16-5-3-14(4-6-16)17-7-8-19(27)25(24-17)13-18(26)23-12-15-2-1-10-22-20(15)28/h1-8,10H,9,11-13H2,(H,22,28)(H,23,26). The van der Waals surface area contributed by atoms with Gasteiger partial charge in [0.1, 0.15) is 25.6 Å². The summed E-state index contributed by atoms with van der Waals surface area (Å²) in [6, 6.07) is 12.9. The Balaban J connectivity index is 1.68. The average Bonchev–Trinajstić information content (AvgIpc) is 2.73. The second-order valence-corrected chi connectivity index (χ2v) is 6.08. The number of hydrogen-bond acceptors (Lipinski definition) is 5. The number of H-pyrrole nitrogens is 1. The van der Waals surface area contributed by atoms with Crippen LogP contribution in [-0.4, -0.2) is 34.0 Å². The van der Waals surface area contributed by atoms with E-state index in [2.05, 4.69) is 15.4 Å². The van der Waals surface area contributed by atoms with Gasteiger partial charge in [-0.25, -0.2) is 9.07 Å². The molecule has 8 nitrogen and oxygen atoms in total. The van der Waals surface area contributed by atoms with Crippen molar-refractivity contribution in [3.05, 3.63) is 81.0 Å². The predicted molar refractivity (Wildman–Crippen MR) is 104 cm³/mol. The van der Waals surface area contributed by atoms with Gasteiger partial charge in [-0.15, -0.1) is 0 Å². The molecule has 0 aliphatic rings. The van der Waals surface area contributed by atoms with Crippen LogP contribution in [0.15, 0.2) is 64.3 Å². The molecule has 0 saturated heterocycles. The largest absolute Gasteiger partial charge is 0.491 e. The fourth-order valence-electron chi connectivity index (χ4n) is 2.58. The first-order valence-electron chi connectivity index (χ1n) is 8.87. The van der Waals surface area contributed by atoms with Crippen LogP contribution in [0.1, 0.15) is 5.56 Å². The number of hydrogen-bond donors (Lipinski definition) is 2. The zero-order valence-electron chi connectivity index (χ0n) is 15.4. The van der Waals surface area contributed by atoms with Gasteiger partial charge in [0.05, 0.1) is 5.69 Å². The topological polar surface area (TPSA) is 106 Å². The number of rotatable bonds is 8. The number of aromatic nitrogens is 3. The van der Waals surface area contributed by atoms with Gasteiger partial charge < -0.3 is 15.0 Å². The molecule has 0 radical (unpaired) electrons. The molecule has 0 fully saturated rings. The van der Waals surface area contributed by atoms with E-state index in [0.29, 0.717) is 22.6 Å². The van der Waals surface area contributed by atoms with Gasteiger partial charge in [0.2, 0.25) is 5.91 Å². The lowest BCUT2D eigenvalue weighted by Crippen LogP contribution is -2.34. The predicted octanol–water partition coefficient (Wildman–Crippen LogP) is 1.26. The van der Waals surface area contributed by atoms with Crippen molar-refractivity contribution in [3.63, 3.8) is 0 Å². The number of nitrogens with zero attached hydrogens (tertiary/aromatic N) is 2. The Hall–Kier alpha value is -3.75. The molecule has 1 aromatic carbocycles. The van der Waals surface area contributed by atoms with Gasteiger partial charge in [0.15, 0.2) is 0 Å². The molecule has 0 atom stereocenters. The molecule has 0 saturated carbocycles. The van der Waals surface area contributed by atoms with Crippen molar-refractivity contribution in [1.29, 1.82) is 0 Å². The van der Waals surface area contributed by atoms with Gasteiger partial charge >= 0.3 is 0 Å². The first kappa shape index (κ1) is 20.0. The third-order valence-electron chi connectivity index (χ3n) is 4.03. The van der Waals surface area contributed by atoms with E-state index in [0.717, 1.165) is 4.68 Å². The number of alkyl halides is 1. The molecular weight excluding hydrogens is 379 g/mol. The summed E-state index contributed by atoms with van der Waals surface area (Å²) in [5, 5.41) is 6.82. The Morgan fingerprint density at radius 1 is 1.14 bits per heavy atom. The molecule has 2 aromatic heterocycles. The summed E-state index contributed by atoms with van der Waals surface area (Å²) in [5.74, 6) is 0.0740. The third kappa shape index (κ3) is 5.38. The molecule has 29 heavy (non-hydrogen) atoms. The number of aromatic amines is 1. The van der Waals surface area contributed by atoms with E-state index >= 15 is 0 Å². The van der Waals surface area contributed by atoms with Crippen LogP contribution in [0, 0.1) is 0 Å². The molecule has 2 N–H and O–H groups in total. The molecule has 0 unspecified atom stereocenters. The average molecular weight is 398 g/mol. The van der Waals surface area contributed by atoms with E-state index in [9.17, 15) is 18.8 Å². The van der Waals surface area contributed by atoms with Crippen LogP contribution < -0.4 is 21.2 Å². The highest BCUT2D eigenvalue weighted by molar-refractivity contribution is 5.75. The second kappa shape index (κ2) is 9.45. The van der Waals surface area contributed by atoms with Gasteiger partial charge in [-0.05, 0) is 36.4 Å². The quantitative estimate of drug-likeness (QED) is 0.594. The highest BCUT2D eigenvalue weighted by atomic mass is 19.1. The normalized spacial score (nSPS) is 10.5. The summed E-state index contributed by atoms with van der Waals surface area (Å²) in [5.41, 5.74) is 0.898. The number of halogens is 1. The lowest BCUT2D eigenvalue weighted by molar-refractivity contribution is -0.122. The van der Waals surface area contributed by atoms with E-state index in [1.807, 2.05) is 0 Å². The number of pyridine rings is 1. The van der Waals surface area contributed by atoms with Crippen LogP contribution in [0.25, 0.3) is 11.3 Å². The van der Waals surface area contributed by atoms with E-state index in [1.54, 1.807) is 42.5 Å². The lowest BCUT2D eigenvalue weighted by Gasteiger charge is -2.09. The lowest BCUT2D eigenvalue weighted by atomic mass is 10.1. The van der Waals surface area contributed by atoms with Crippen molar-refractivity contribution < 1.29 is 13.9 Å².